The van der Waals surface area contributed by atoms with E-state index in [-0.39, 0.29) is 11.9 Å². The van der Waals surface area contributed by atoms with Crippen molar-refractivity contribution in [2.24, 2.45) is 10.1 Å². The average Bonchev–Trinajstić information content (AvgIpc) is 3.38. The standard InChI is InChI=1S/C17H17N3O3S2/c1-11-4-5-14(23-11)12-9-13(15-3-2-7-22-15)20(19-12)16(21)10-25-17-18-6-8-24-17/h2-5,7,13H,6,8-10H2,1H3/t13-/m1/s1. The van der Waals surface area contributed by atoms with E-state index in [0.717, 1.165) is 33.9 Å². The Labute approximate surface area is 153 Å². The van der Waals surface area contributed by atoms with Gasteiger partial charge in [0.05, 0.1) is 18.6 Å². The molecule has 0 N–H and O–H groups in total. The van der Waals surface area contributed by atoms with Crippen molar-refractivity contribution >= 4 is 39.5 Å². The SMILES string of the molecule is Cc1ccc(C2=NN(C(=O)CSC3=NCCS3)[C@@H](c3ccco3)C2)o1. The maximum absolute atomic E-state index is 12.8. The maximum atomic E-state index is 12.8. The summed E-state index contributed by atoms with van der Waals surface area (Å²) in [6, 6.07) is 7.25. The fraction of sp³-hybridized carbons (Fsp3) is 0.353. The highest BCUT2D eigenvalue weighted by molar-refractivity contribution is 8.39. The van der Waals surface area contributed by atoms with E-state index in [1.807, 2.05) is 31.2 Å². The van der Waals surface area contributed by atoms with Crippen LogP contribution in [0.3, 0.4) is 0 Å². The second kappa shape index (κ2) is 7.13. The zero-order chi connectivity index (χ0) is 17.2. The van der Waals surface area contributed by atoms with Gasteiger partial charge in [0.2, 0.25) is 0 Å². The number of thioether (sulfide) groups is 2. The summed E-state index contributed by atoms with van der Waals surface area (Å²) in [5.41, 5.74) is 0.764. The third-order valence-electron chi connectivity index (χ3n) is 3.94. The van der Waals surface area contributed by atoms with Gasteiger partial charge in [0.25, 0.3) is 5.91 Å². The monoisotopic (exact) mass is 375 g/mol. The van der Waals surface area contributed by atoms with Crippen molar-refractivity contribution in [1.82, 2.24) is 5.01 Å². The van der Waals surface area contributed by atoms with E-state index in [2.05, 4.69) is 10.1 Å². The molecule has 0 saturated heterocycles. The second-order valence-corrected chi connectivity index (χ2v) is 8.02. The van der Waals surface area contributed by atoms with Crippen molar-refractivity contribution in [1.29, 1.82) is 0 Å². The molecule has 4 rings (SSSR count). The lowest BCUT2D eigenvalue weighted by Gasteiger charge is -2.19. The molecule has 0 aromatic carbocycles. The molecule has 0 fully saturated rings. The van der Waals surface area contributed by atoms with Crippen LogP contribution in [0.2, 0.25) is 0 Å². The topological polar surface area (TPSA) is 71.3 Å². The Morgan fingerprint density at radius 2 is 2.36 bits per heavy atom. The van der Waals surface area contributed by atoms with E-state index in [0.29, 0.717) is 17.9 Å². The lowest BCUT2D eigenvalue weighted by Crippen LogP contribution is -2.28. The van der Waals surface area contributed by atoms with Gasteiger partial charge in [-0.2, -0.15) is 5.10 Å². The summed E-state index contributed by atoms with van der Waals surface area (Å²) in [7, 11) is 0. The number of furan rings is 2. The van der Waals surface area contributed by atoms with E-state index < -0.39 is 0 Å². The smallest absolute Gasteiger partial charge is 0.253 e. The van der Waals surface area contributed by atoms with Crippen LogP contribution < -0.4 is 0 Å². The Bertz CT molecular complexity index is 826. The molecule has 2 aliphatic heterocycles. The second-order valence-electron chi connectivity index (χ2n) is 5.72. The third kappa shape index (κ3) is 3.55. The van der Waals surface area contributed by atoms with Crippen LogP contribution in [0.4, 0.5) is 0 Å². The number of hydrogen-bond acceptors (Lipinski definition) is 7. The fourth-order valence-electron chi connectivity index (χ4n) is 2.77. The first-order valence-corrected chi connectivity index (χ1v) is 9.97. The van der Waals surface area contributed by atoms with E-state index in [1.165, 1.54) is 16.8 Å². The number of amides is 1. The number of aryl methyl sites for hydroxylation is 1. The lowest BCUT2D eigenvalue weighted by atomic mass is 10.1. The third-order valence-corrected chi connectivity index (χ3v) is 6.18. The van der Waals surface area contributed by atoms with Crippen LogP contribution in [0.25, 0.3) is 0 Å². The molecule has 6 nitrogen and oxygen atoms in total. The molecule has 2 aromatic heterocycles. The Kier molecular flexibility index (Phi) is 4.72. The minimum atomic E-state index is -0.235. The van der Waals surface area contributed by atoms with Gasteiger partial charge in [-0.05, 0) is 31.2 Å². The molecule has 0 saturated carbocycles. The van der Waals surface area contributed by atoms with Crippen LogP contribution in [0.15, 0.2) is 49.5 Å². The van der Waals surface area contributed by atoms with Crippen molar-refractivity contribution in [3.8, 4) is 0 Å². The highest BCUT2D eigenvalue weighted by Gasteiger charge is 2.35. The van der Waals surface area contributed by atoms with E-state index >= 15 is 0 Å². The highest BCUT2D eigenvalue weighted by atomic mass is 32.2. The summed E-state index contributed by atoms with van der Waals surface area (Å²) in [5.74, 6) is 3.51. The quantitative estimate of drug-likeness (QED) is 0.815. The number of hydrogen-bond donors (Lipinski definition) is 0. The molecule has 2 aromatic rings. The van der Waals surface area contributed by atoms with Gasteiger partial charge < -0.3 is 8.83 Å². The Hall–Kier alpha value is -1.93. The van der Waals surface area contributed by atoms with Crippen LogP contribution in [-0.4, -0.2) is 39.1 Å². The van der Waals surface area contributed by atoms with E-state index in [1.54, 1.807) is 18.0 Å². The molecule has 25 heavy (non-hydrogen) atoms. The fourth-order valence-corrected chi connectivity index (χ4v) is 4.64. The van der Waals surface area contributed by atoms with Crippen LogP contribution in [0.1, 0.15) is 29.7 Å². The number of rotatable bonds is 4. The first-order chi connectivity index (χ1) is 12.2. The molecule has 0 bridgehead atoms. The van der Waals surface area contributed by atoms with E-state index in [9.17, 15) is 4.79 Å². The van der Waals surface area contributed by atoms with Gasteiger partial charge in [-0.1, -0.05) is 23.5 Å². The number of carbonyl (C=O) groups is 1. The van der Waals surface area contributed by atoms with Crippen LogP contribution >= 0.6 is 23.5 Å². The normalized spacial score (nSPS) is 20.0. The van der Waals surface area contributed by atoms with Gasteiger partial charge in [0.15, 0.2) is 0 Å². The summed E-state index contributed by atoms with van der Waals surface area (Å²) in [6.45, 7) is 2.72. The Morgan fingerprint density at radius 3 is 3.04 bits per heavy atom. The number of nitrogens with zero attached hydrogens (tertiary/aromatic N) is 3. The predicted molar refractivity (Wildman–Crippen MR) is 100 cm³/mol. The van der Waals surface area contributed by atoms with Crippen LogP contribution in [0.5, 0.6) is 0 Å². The summed E-state index contributed by atoms with van der Waals surface area (Å²) in [5, 5.41) is 6.07. The zero-order valence-corrected chi connectivity index (χ0v) is 15.3. The van der Waals surface area contributed by atoms with E-state index in [4.69, 9.17) is 8.83 Å². The molecule has 0 radical (unpaired) electrons. The molecule has 4 heterocycles. The summed E-state index contributed by atoms with van der Waals surface area (Å²) < 4.78 is 12.2. The van der Waals surface area contributed by atoms with Crippen LogP contribution in [-0.2, 0) is 4.79 Å². The van der Waals surface area contributed by atoms with Crippen LogP contribution in [0, 0.1) is 6.92 Å². The predicted octanol–water partition coefficient (Wildman–Crippen LogP) is 3.69. The molecule has 0 spiro atoms. The molecule has 0 unspecified atom stereocenters. The maximum Gasteiger partial charge on any atom is 0.253 e. The van der Waals surface area contributed by atoms with Gasteiger partial charge in [0.1, 0.15) is 33.4 Å². The molecule has 2 aliphatic rings. The molecule has 0 aliphatic carbocycles. The van der Waals surface area contributed by atoms with Gasteiger partial charge in [-0.3, -0.25) is 9.79 Å². The number of aliphatic imine (C=N–C) groups is 1. The largest absolute Gasteiger partial charge is 0.467 e. The zero-order valence-electron chi connectivity index (χ0n) is 13.7. The molecule has 1 atom stereocenters. The molecule has 130 valence electrons. The van der Waals surface area contributed by atoms with Gasteiger partial charge in [-0.15, -0.1) is 0 Å². The summed E-state index contributed by atoms with van der Waals surface area (Å²) in [4.78, 5) is 17.1. The molecular weight excluding hydrogens is 358 g/mol. The lowest BCUT2D eigenvalue weighted by molar-refractivity contribution is -0.130. The highest BCUT2D eigenvalue weighted by Crippen LogP contribution is 2.34. The van der Waals surface area contributed by atoms with Gasteiger partial charge in [-0.25, -0.2) is 5.01 Å². The summed E-state index contributed by atoms with van der Waals surface area (Å²) >= 11 is 3.18. The first-order valence-electron chi connectivity index (χ1n) is 8.00. The molecule has 8 heteroatoms. The van der Waals surface area contributed by atoms with Gasteiger partial charge >= 0.3 is 0 Å². The van der Waals surface area contributed by atoms with Gasteiger partial charge in [0, 0.05) is 12.2 Å². The molecular formula is C17H17N3O3S2. The Balaban J connectivity index is 1.54. The van der Waals surface area contributed by atoms with Crippen molar-refractivity contribution in [3.63, 3.8) is 0 Å². The van der Waals surface area contributed by atoms with Crippen molar-refractivity contribution in [2.45, 2.75) is 19.4 Å². The minimum Gasteiger partial charge on any atom is -0.467 e. The number of hydrazone groups is 1. The first kappa shape index (κ1) is 16.5. The molecule has 1 amide bonds. The minimum absolute atomic E-state index is 0.0557. The van der Waals surface area contributed by atoms with Crippen molar-refractivity contribution in [3.05, 3.63) is 47.8 Å². The van der Waals surface area contributed by atoms with Crippen molar-refractivity contribution in [2.75, 3.05) is 18.1 Å². The average molecular weight is 375 g/mol. The summed E-state index contributed by atoms with van der Waals surface area (Å²) in [6.07, 6.45) is 2.19. The Morgan fingerprint density at radius 1 is 1.44 bits per heavy atom. The van der Waals surface area contributed by atoms with Crippen molar-refractivity contribution < 1.29 is 13.6 Å². The number of carbonyl (C=O) groups excluding carboxylic acids is 1.